The first-order chi connectivity index (χ1) is 16.0. The van der Waals surface area contributed by atoms with Crippen molar-refractivity contribution < 1.29 is 13.2 Å². The molecule has 6 rings (SSSR count). The predicted molar refractivity (Wildman–Crippen MR) is 121 cm³/mol. The summed E-state index contributed by atoms with van der Waals surface area (Å²) in [6, 6.07) is 7.84. The molecule has 1 aliphatic carbocycles. The maximum absolute atomic E-state index is 14.4. The van der Waals surface area contributed by atoms with E-state index in [1.165, 1.54) is 15.6 Å². The Balaban J connectivity index is 1.28. The van der Waals surface area contributed by atoms with E-state index in [0.29, 0.717) is 29.0 Å². The van der Waals surface area contributed by atoms with Gasteiger partial charge in [-0.15, -0.1) is 5.10 Å². The number of aryl methyl sites for hydroxylation is 1. The van der Waals surface area contributed by atoms with Crippen molar-refractivity contribution in [3.8, 4) is 11.1 Å². The van der Waals surface area contributed by atoms with Gasteiger partial charge >= 0.3 is 0 Å². The van der Waals surface area contributed by atoms with E-state index in [4.69, 9.17) is 0 Å². The van der Waals surface area contributed by atoms with Gasteiger partial charge in [-0.2, -0.15) is 9.36 Å². The highest BCUT2D eigenvalue weighted by molar-refractivity contribution is 7.10. The zero-order valence-corrected chi connectivity index (χ0v) is 18.6. The van der Waals surface area contributed by atoms with Crippen LogP contribution < -0.4 is 10.2 Å². The molecule has 33 heavy (non-hydrogen) atoms. The first-order valence-corrected chi connectivity index (χ1v) is 11.7. The van der Waals surface area contributed by atoms with Gasteiger partial charge in [-0.3, -0.25) is 0 Å². The molecule has 2 fully saturated rings. The van der Waals surface area contributed by atoms with Crippen LogP contribution in [0.5, 0.6) is 0 Å². The third kappa shape index (κ3) is 3.43. The van der Waals surface area contributed by atoms with Gasteiger partial charge in [0.05, 0.1) is 5.69 Å². The summed E-state index contributed by atoms with van der Waals surface area (Å²) in [4.78, 5) is 7.01. The largest absolute Gasteiger partial charge is 0.361 e. The Hall–Kier alpha value is -3.14. The Morgan fingerprint density at radius 3 is 2.55 bits per heavy atom. The summed E-state index contributed by atoms with van der Waals surface area (Å²) in [5.41, 5.74) is 1.74. The van der Waals surface area contributed by atoms with Crippen LogP contribution in [0.15, 0.2) is 36.5 Å². The first-order valence-electron chi connectivity index (χ1n) is 10.9. The number of hydrogen-bond acceptors (Lipinski definition) is 6. The Morgan fingerprint density at radius 1 is 1.03 bits per heavy atom. The van der Waals surface area contributed by atoms with Crippen molar-refractivity contribution in [1.29, 1.82) is 0 Å². The molecule has 1 saturated carbocycles. The summed E-state index contributed by atoms with van der Waals surface area (Å²) < 4.78 is 47.6. The molecule has 2 aliphatic rings. The number of nitrogens with one attached hydrogen (secondary N) is 1. The van der Waals surface area contributed by atoms with E-state index in [1.54, 1.807) is 29.9 Å². The van der Waals surface area contributed by atoms with Crippen molar-refractivity contribution >= 4 is 28.1 Å². The zero-order valence-electron chi connectivity index (χ0n) is 17.8. The van der Waals surface area contributed by atoms with Crippen molar-refractivity contribution in [2.75, 3.05) is 23.3 Å². The SMILES string of the molecule is Cc1cc(N2CC3CCC(C2)C3Nc2nc3c(-c4ccc(F)c(F)c4F)cccn3n2)sn1. The lowest BCUT2D eigenvalue weighted by molar-refractivity contribution is 0.377. The van der Waals surface area contributed by atoms with Gasteiger partial charge in [-0.25, -0.2) is 17.7 Å². The van der Waals surface area contributed by atoms with E-state index in [-0.39, 0.29) is 11.6 Å². The van der Waals surface area contributed by atoms with Crippen LogP contribution in [0.4, 0.5) is 24.1 Å². The number of hydrogen-bond donors (Lipinski definition) is 1. The van der Waals surface area contributed by atoms with Gasteiger partial charge in [0, 0.05) is 36.5 Å². The molecular formula is C23H21F3N6S. The second-order valence-corrected chi connectivity index (χ2v) is 9.61. The van der Waals surface area contributed by atoms with Gasteiger partial charge in [0.1, 0.15) is 5.00 Å². The maximum atomic E-state index is 14.4. The summed E-state index contributed by atoms with van der Waals surface area (Å²) in [6.07, 6.45) is 3.97. The van der Waals surface area contributed by atoms with Gasteiger partial charge in [-0.1, -0.05) is 0 Å². The molecule has 6 nitrogen and oxygen atoms in total. The number of rotatable bonds is 4. The van der Waals surface area contributed by atoms with E-state index in [0.717, 1.165) is 37.7 Å². The number of anilines is 2. The number of fused-ring (bicyclic) bond motifs is 3. The van der Waals surface area contributed by atoms with Crippen molar-refractivity contribution in [3.63, 3.8) is 0 Å². The zero-order chi connectivity index (χ0) is 22.7. The molecule has 2 bridgehead atoms. The Bertz CT molecular complexity index is 1340. The highest BCUT2D eigenvalue weighted by Gasteiger charge is 2.43. The third-order valence-corrected chi connectivity index (χ3v) is 7.69. The summed E-state index contributed by atoms with van der Waals surface area (Å²) in [7, 11) is 0. The summed E-state index contributed by atoms with van der Waals surface area (Å²) in [5, 5.41) is 9.25. The van der Waals surface area contributed by atoms with Crippen LogP contribution in [-0.2, 0) is 0 Å². The summed E-state index contributed by atoms with van der Waals surface area (Å²) in [5.74, 6) is -2.57. The maximum Gasteiger partial charge on any atom is 0.243 e. The topological polar surface area (TPSA) is 58.4 Å². The van der Waals surface area contributed by atoms with E-state index in [1.807, 2.05) is 6.92 Å². The highest BCUT2D eigenvalue weighted by atomic mass is 32.1. The van der Waals surface area contributed by atoms with Crippen LogP contribution in [0.1, 0.15) is 18.5 Å². The average Bonchev–Trinajstić information content (AvgIpc) is 3.48. The molecule has 2 atom stereocenters. The number of pyridine rings is 1. The lowest BCUT2D eigenvalue weighted by Crippen LogP contribution is -2.48. The Labute approximate surface area is 192 Å². The van der Waals surface area contributed by atoms with Gasteiger partial charge in [0.25, 0.3) is 0 Å². The minimum atomic E-state index is -1.49. The fraction of sp³-hybridized carbons (Fsp3) is 0.348. The van der Waals surface area contributed by atoms with E-state index < -0.39 is 17.5 Å². The fourth-order valence-corrected chi connectivity index (χ4v) is 5.98. The Morgan fingerprint density at radius 2 is 1.82 bits per heavy atom. The Kier molecular flexibility index (Phi) is 4.79. The standard InChI is InChI=1S/C23H21F3N6S/c1-12-9-18(33-30-12)31-10-13-4-5-14(11-31)21(13)27-23-28-22-16(3-2-8-32(22)29-23)15-6-7-17(24)20(26)19(15)25/h2-3,6-9,13-14,21H,4-5,10-11H2,1H3,(H,27,29). The van der Waals surface area contributed by atoms with Gasteiger partial charge < -0.3 is 10.2 Å². The molecule has 2 unspecified atom stereocenters. The molecule has 0 amide bonds. The van der Waals surface area contributed by atoms with E-state index in [9.17, 15) is 13.2 Å². The number of aromatic nitrogens is 4. The molecule has 170 valence electrons. The summed E-state index contributed by atoms with van der Waals surface area (Å²) in [6.45, 7) is 3.92. The first kappa shape index (κ1) is 20.5. The van der Waals surface area contributed by atoms with Crippen molar-refractivity contribution in [1.82, 2.24) is 19.0 Å². The van der Waals surface area contributed by atoms with Crippen molar-refractivity contribution in [2.24, 2.45) is 11.8 Å². The lowest BCUT2D eigenvalue weighted by atomic mass is 9.92. The van der Waals surface area contributed by atoms with Crippen LogP contribution in [0, 0.1) is 36.2 Å². The quantitative estimate of drug-likeness (QED) is 0.430. The van der Waals surface area contributed by atoms with Crippen molar-refractivity contribution in [2.45, 2.75) is 25.8 Å². The number of halogens is 3. The molecule has 0 radical (unpaired) electrons. The normalized spacial score (nSPS) is 22.3. The number of nitrogens with zero attached hydrogens (tertiary/aromatic N) is 5. The van der Waals surface area contributed by atoms with Gasteiger partial charge in [-0.05, 0) is 73.5 Å². The molecule has 1 N–H and O–H groups in total. The minimum Gasteiger partial charge on any atom is -0.361 e. The number of benzene rings is 1. The van der Waals surface area contributed by atoms with Crippen molar-refractivity contribution in [3.05, 3.63) is 59.7 Å². The van der Waals surface area contributed by atoms with Crippen LogP contribution in [0.2, 0.25) is 0 Å². The van der Waals surface area contributed by atoms with Gasteiger partial charge in [0.15, 0.2) is 23.1 Å². The molecular weight excluding hydrogens is 449 g/mol. The second-order valence-electron chi connectivity index (χ2n) is 8.83. The van der Waals surface area contributed by atoms with Crippen LogP contribution in [-0.4, -0.2) is 38.1 Å². The molecule has 3 aromatic heterocycles. The van der Waals surface area contributed by atoms with Gasteiger partial charge in [0.2, 0.25) is 5.95 Å². The molecule has 10 heteroatoms. The smallest absolute Gasteiger partial charge is 0.243 e. The molecule has 4 heterocycles. The van der Waals surface area contributed by atoms with Crippen LogP contribution in [0.25, 0.3) is 16.8 Å². The van der Waals surface area contributed by atoms with E-state index >= 15 is 0 Å². The monoisotopic (exact) mass is 470 g/mol. The fourth-order valence-electron chi connectivity index (χ4n) is 5.20. The second kappa shape index (κ2) is 7.72. The predicted octanol–water partition coefficient (Wildman–Crippen LogP) is 4.91. The lowest BCUT2D eigenvalue weighted by Gasteiger charge is -2.38. The number of piperidine rings is 1. The molecule has 0 spiro atoms. The molecule has 1 aromatic carbocycles. The van der Waals surface area contributed by atoms with E-state index in [2.05, 4.69) is 30.7 Å². The van der Waals surface area contributed by atoms with Crippen LogP contribution >= 0.6 is 11.5 Å². The summed E-state index contributed by atoms with van der Waals surface area (Å²) >= 11 is 1.55. The average molecular weight is 471 g/mol. The third-order valence-electron chi connectivity index (χ3n) is 6.74. The van der Waals surface area contributed by atoms with Crippen LogP contribution in [0.3, 0.4) is 0 Å². The minimum absolute atomic E-state index is 0.0494. The molecule has 1 aliphatic heterocycles. The highest BCUT2D eigenvalue weighted by Crippen LogP contribution is 2.41. The molecule has 1 saturated heterocycles. The molecule has 4 aromatic rings.